The molecule has 3 N–H and O–H groups in total. The Bertz CT molecular complexity index is 1120. The normalized spacial score (nSPS) is 17.9. The van der Waals surface area contributed by atoms with Gasteiger partial charge in [-0.05, 0) is 55.5 Å². The van der Waals surface area contributed by atoms with Crippen LogP contribution in [0.1, 0.15) is 57.2 Å². The molecule has 0 spiro atoms. The topological polar surface area (TPSA) is 53.4 Å². The molecule has 1 saturated carbocycles. The highest BCUT2D eigenvalue weighted by atomic mass is 19.4. The Morgan fingerprint density at radius 2 is 1.67 bits per heavy atom. The molecule has 1 aromatic carbocycles. The van der Waals surface area contributed by atoms with Crippen LogP contribution in [-0.4, -0.2) is 34.2 Å². The first-order valence-corrected chi connectivity index (χ1v) is 12.1. The second-order valence-corrected chi connectivity index (χ2v) is 8.47. The average molecular weight is 510 g/mol. The van der Waals surface area contributed by atoms with Gasteiger partial charge >= 0.3 is 6.18 Å². The molecule has 1 aliphatic carbocycles. The number of hydrogen-bond acceptors (Lipinski definition) is 4. The molecule has 2 aromatic heterocycles. The summed E-state index contributed by atoms with van der Waals surface area (Å²) in [5.41, 5.74) is 2.17. The Kier molecular flexibility index (Phi) is 9.17. The van der Waals surface area contributed by atoms with Gasteiger partial charge in [-0.15, -0.1) is 0 Å². The second kappa shape index (κ2) is 12.1. The second-order valence-electron chi connectivity index (χ2n) is 8.47. The summed E-state index contributed by atoms with van der Waals surface area (Å²) in [4.78, 5) is 3.97. The molecule has 0 radical (unpaired) electrons. The van der Waals surface area contributed by atoms with Crippen LogP contribution >= 0.6 is 0 Å². The molecular formula is C26H32F5N5. The predicted molar refractivity (Wildman–Crippen MR) is 134 cm³/mol. The van der Waals surface area contributed by atoms with Crippen LogP contribution in [0, 0.1) is 0 Å². The van der Waals surface area contributed by atoms with Crippen molar-refractivity contribution in [2.75, 3.05) is 17.2 Å². The number of anilines is 2. The number of rotatable bonds is 8. The van der Waals surface area contributed by atoms with E-state index in [4.69, 9.17) is 0 Å². The van der Waals surface area contributed by atoms with Crippen LogP contribution in [0.3, 0.4) is 0 Å². The molecule has 3 aromatic rings. The quantitative estimate of drug-likeness (QED) is 0.280. The Hall–Kier alpha value is -3.30. The van der Waals surface area contributed by atoms with E-state index in [1.165, 1.54) is 6.20 Å². The third-order valence-corrected chi connectivity index (χ3v) is 5.92. The van der Waals surface area contributed by atoms with E-state index < -0.39 is 19.1 Å². The van der Waals surface area contributed by atoms with Crippen LogP contribution in [0.4, 0.5) is 33.5 Å². The molecule has 0 amide bonds. The Labute approximate surface area is 207 Å². The maximum Gasteiger partial charge on any atom is 0.405 e. The van der Waals surface area contributed by atoms with Crippen LogP contribution in [0.2, 0.25) is 0 Å². The van der Waals surface area contributed by atoms with E-state index in [0.717, 1.165) is 42.8 Å². The minimum atomic E-state index is -4.27. The van der Waals surface area contributed by atoms with Gasteiger partial charge in [0.1, 0.15) is 23.7 Å². The van der Waals surface area contributed by atoms with Crippen molar-refractivity contribution in [3.05, 3.63) is 66.5 Å². The number of nitrogens with zero attached hydrogens (tertiary/aromatic N) is 2. The van der Waals surface area contributed by atoms with E-state index in [2.05, 4.69) is 27.5 Å². The minimum Gasteiger partial charge on any atom is -0.382 e. The molecule has 0 atom stereocenters. The standard InChI is InChI=1S/C24H26F5N5.C2H6/c1-15(16-5-7-17(8-6-16)30-14-24(27,28)29)31-18-9-11-19(12-10-18)32-21-3-2-4-22-33-20(23(25)26)13-34(21)22;1-2/h2-8,13,18-19,23,30-32H,1,9-12,14H2;1-2H3. The molecule has 0 bridgehead atoms. The van der Waals surface area contributed by atoms with Crippen molar-refractivity contribution in [1.29, 1.82) is 0 Å². The first-order valence-electron chi connectivity index (χ1n) is 12.1. The summed E-state index contributed by atoms with van der Waals surface area (Å²) in [6, 6.07) is 12.4. The van der Waals surface area contributed by atoms with E-state index in [1.807, 2.05) is 19.9 Å². The van der Waals surface area contributed by atoms with Gasteiger partial charge in [-0.3, -0.25) is 4.40 Å². The lowest BCUT2D eigenvalue weighted by Crippen LogP contribution is -2.36. The van der Waals surface area contributed by atoms with Crippen LogP contribution in [-0.2, 0) is 0 Å². The number of nitrogens with one attached hydrogen (secondary N) is 3. The number of alkyl halides is 5. The van der Waals surface area contributed by atoms with Gasteiger partial charge in [0.15, 0.2) is 0 Å². The van der Waals surface area contributed by atoms with Gasteiger partial charge < -0.3 is 16.0 Å². The van der Waals surface area contributed by atoms with Crippen LogP contribution < -0.4 is 16.0 Å². The van der Waals surface area contributed by atoms with Crippen LogP contribution in [0.25, 0.3) is 11.3 Å². The minimum absolute atomic E-state index is 0.202. The van der Waals surface area contributed by atoms with E-state index in [9.17, 15) is 22.0 Å². The molecule has 5 nitrogen and oxygen atoms in total. The lowest BCUT2D eigenvalue weighted by atomic mass is 9.90. The number of imidazole rings is 1. The number of benzene rings is 1. The lowest BCUT2D eigenvalue weighted by Gasteiger charge is -2.31. The first-order chi connectivity index (χ1) is 17.2. The molecule has 1 fully saturated rings. The number of halogens is 5. The Morgan fingerprint density at radius 3 is 2.28 bits per heavy atom. The average Bonchev–Trinajstić information content (AvgIpc) is 3.31. The Balaban J connectivity index is 0.00000176. The monoisotopic (exact) mass is 509 g/mol. The fraction of sp³-hybridized carbons (Fsp3) is 0.423. The number of fused-ring (bicyclic) bond motifs is 1. The van der Waals surface area contributed by atoms with Crippen molar-refractivity contribution in [2.45, 2.75) is 64.2 Å². The zero-order valence-corrected chi connectivity index (χ0v) is 20.4. The first kappa shape index (κ1) is 27.3. The smallest absolute Gasteiger partial charge is 0.382 e. The number of hydrogen-bond donors (Lipinski definition) is 3. The van der Waals surface area contributed by atoms with Crippen LogP contribution in [0.5, 0.6) is 0 Å². The highest BCUT2D eigenvalue weighted by Gasteiger charge is 2.26. The summed E-state index contributed by atoms with van der Waals surface area (Å²) in [7, 11) is 0. The van der Waals surface area contributed by atoms with Gasteiger partial charge in [0, 0.05) is 29.7 Å². The van der Waals surface area contributed by atoms with Crippen molar-refractivity contribution < 1.29 is 22.0 Å². The molecule has 1 aliphatic rings. The highest BCUT2D eigenvalue weighted by Crippen LogP contribution is 2.26. The van der Waals surface area contributed by atoms with E-state index in [1.54, 1.807) is 40.8 Å². The van der Waals surface area contributed by atoms with Gasteiger partial charge in [0.2, 0.25) is 0 Å². The molecule has 196 valence electrons. The summed E-state index contributed by atoms with van der Waals surface area (Å²) in [6.07, 6.45) is -1.96. The summed E-state index contributed by atoms with van der Waals surface area (Å²) in [5, 5.41) is 9.22. The summed E-state index contributed by atoms with van der Waals surface area (Å²) < 4.78 is 64.7. The Morgan fingerprint density at radius 1 is 1.03 bits per heavy atom. The van der Waals surface area contributed by atoms with Crippen molar-refractivity contribution in [2.24, 2.45) is 0 Å². The van der Waals surface area contributed by atoms with E-state index >= 15 is 0 Å². The van der Waals surface area contributed by atoms with Crippen molar-refractivity contribution in [1.82, 2.24) is 14.7 Å². The fourth-order valence-electron chi connectivity index (χ4n) is 4.16. The molecule has 36 heavy (non-hydrogen) atoms. The predicted octanol–water partition coefficient (Wildman–Crippen LogP) is 7.26. The SMILES string of the molecule is C=C(NC1CCC(Nc2cccc3nc(C(F)F)cn23)CC1)c1ccc(NCC(F)(F)F)cc1.CC. The maximum atomic E-state index is 13.0. The van der Waals surface area contributed by atoms with Gasteiger partial charge in [0.05, 0.1) is 0 Å². The fourth-order valence-corrected chi connectivity index (χ4v) is 4.16. The van der Waals surface area contributed by atoms with Gasteiger partial charge in [-0.2, -0.15) is 13.2 Å². The maximum absolute atomic E-state index is 13.0. The summed E-state index contributed by atoms with van der Waals surface area (Å²) in [6.45, 7) is 6.99. The molecule has 10 heteroatoms. The zero-order chi connectivity index (χ0) is 26.3. The third-order valence-electron chi connectivity index (χ3n) is 5.92. The van der Waals surface area contributed by atoms with E-state index in [0.29, 0.717) is 11.3 Å². The summed E-state index contributed by atoms with van der Waals surface area (Å²) in [5.74, 6) is 0.733. The van der Waals surface area contributed by atoms with E-state index in [-0.39, 0.29) is 17.8 Å². The molecular weight excluding hydrogens is 477 g/mol. The van der Waals surface area contributed by atoms with Gasteiger partial charge in [-0.25, -0.2) is 13.8 Å². The molecule has 0 unspecified atom stereocenters. The lowest BCUT2D eigenvalue weighted by molar-refractivity contribution is -0.115. The third kappa shape index (κ3) is 7.35. The molecule has 4 rings (SSSR count). The van der Waals surface area contributed by atoms with Gasteiger partial charge in [-0.1, -0.05) is 38.6 Å². The summed E-state index contributed by atoms with van der Waals surface area (Å²) >= 11 is 0. The van der Waals surface area contributed by atoms with Crippen molar-refractivity contribution in [3.8, 4) is 0 Å². The zero-order valence-electron chi connectivity index (χ0n) is 20.4. The number of aromatic nitrogens is 2. The van der Waals surface area contributed by atoms with Gasteiger partial charge in [0.25, 0.3) is 6.43 Å². The van der Waals surface area contributed by atoms with Crippen LogP contribution in [0.15, 0.2) is 55.2 Å². The molecule has 0 aliphatic heterocycles. The molecule has 0 saturated heterocycles. The number of pyridine rings is 1. The highest BCUT2D eigenvalue weighted by molar-refractivity contribution is 5.64. The largest absolute Gasteiger partial charge is 0.405 e. The molecule has 2 heterocycles. The van der Waals surface area contributed by atoms with Crippen molar-refractivity contribution >= 4 is 22.8 Å². The van der Waals surface area contributed by atoms with Crippen molar-refractivity contribution in [3.63, 3.8) is 0 Å².